The highest BCUT2D eigenvalue weighted by Gasteiger charge is 1.52. The molecule has 64 valence electrons. The van der Waals surface area contributed by atoms with Gasteiger partial charge < -0.3 is 4.74 Å². The summed E-state index contributed by atoms with van der Waals surface area (Å²) in [6.45, 7) is 14.3. The summed E-state index contributed by atoms with van der Waals surface area (Å²) in [5.41, 5.74) is 1.17. The van der Waals surface area contributed by atoms with E-state index in [9.17, 15) is 0 Å². The van der Waals surface area contributed by atoms with Crippen LogP contribution in [-0.2, 0) is 4.74 Å². The molecule has 0 aromatic heterocycles. The average Bonchev–Trinajstić information content (AvgIpc) is 1.91. The summed E-state index contributed by atoms with van der Waals surface area (Å²) in [7, 11) is 1.68. The Balaban J connectivity index is -0.0000000787. The van der Waals surface area contributed by atoms with Crippen molar-refractivity contribution in [3.8, 4) is 0 Å². The smallest absolute Gasteiger partial charge is 0.0433 e. The van der Waals surface area contributed by atoms with E-state index in [0.717, 1.165) is 6.61 Å². The SMILES string of the molecule is C=C(C)C.CC.CCOC. The summed E-state index contributed by atoms with van der Waals surface area (Å²) in [5.74, 6) is 0. The van der Waals surface area contributed by atoms with Crippen LogP contribution in [0.3, 0.4) is 0 Å². The first-order valence-corrected chi connectivity index (χ1v) is 3.76. The number of hydrogen-bond donors (Lipinski definition) is 0. The lowest BCUT2D eigenvalue weighted by Crippen LogP contribution is -1.73. The van der Waals surface area contributed by atoms with Crippen LogP contribution in [0.5, 0.6) is 0 Å². The number of ether oxygens (including phenoxy) is 1. The third-order valence-corrected chi connectivity index (χ3v) is 0.289. The molecule has 0 radical (unpaired) electrons. The Hall–Kier alpha value is -0.300. The molecule has 0 heterocycles. The van der Waals surface area contributed by atoms with Gasteiger partial charge in [-0.1, -0.05) is 19.4 Å². The maximum absolute atomic E-state index is 4.54. The summed E-state index contributed by atoms with van der Waals surface area (Å²) >= 11 is 0. The Morgan fingerprint density at radius 1 is 1.30 bits per heavy atom. The van der Waals surface area contributed by atoms with E-state index in [4.69, 9.17) is 0 Å². The van der Waals surface area contributed by atoms with Crippen LogP contribution in [0.1, 0.15) is 34.6 Å². The molecule has 0 fully saturated rings. The van der Waals surface area contributed by atoms with Gasteiger partial charge in [0.25, 0.3) is 0 Å². The lowest BCUT2D eigenvalue weighted by molar-refractivity contribution is 0.215. The normalized spacial score (nSPS) is 6.20. The minimum Gasteiger partial charge on any atom is -0.385 e. The molecule has 0 aromatic carbocycles. The molecule has 0 N–H and O–H groups in total. The second-order valence-corrected chi connectivity index (χ2v) is 1.78. The first-order valence-electron chi connectivity index (χ1n) is 3.76. The quantitative estimate of drug-likeness (QED) is 0.516. The predicted molar refractivity (Wildman–Crippen MR) is 49.4 cm³/mol. The zero-order chi connectivity index (χ0) is 8.99. The van der Waals surface area contributed by atoms with Gasteiger partial charge in [-0.25, -0.2) is 0 Å². The van der Waals surface area contributed by atoms with E-state index in [1.165, 1.54) is 5.57 Å². The molecule has 0 aromatic rings. The zero-order valence-corrected chi connectivity index (χ0v) is 8.32. The molecule has 0 aliphatic heterocycles. The summed E-state index contributed by atoms with van der Waals surface area (Å²) in [5, 5.41) is 0. The van der Waals surface area contributed by atoms with Crippen LogP contribution >= 0.6 is 0 Å². The highest BCUT2D eigenvalue weighted by molar-refractivity contribution is 4.78. The predicted octanol–water partition coefficient (Wildman–Crippen LogP) is 3.26. The van der Waals surface area contributed by atoms with Crippen molar-refractivity contribution in [1.29, 1.82) is 0 Å². The third-order valence-electron chi connectivity index (χ3n) is 0.289. The van der Waals surface area contributed by atoms with Crippen LogP contribution in [0, 0.1) is 0 Å². The second kappa shape index (κ2) is 23.4. The van der Waals surface area contributed by atoms with Crippen LogP contribution in [0.4, 0.5) is 0 Å². The highest BCUT2D eigenvalue weighted by atomic mass is 16.5. The molecule has 0 rings (SSSR count). The van der Waals surface area contributed by atoms with Crippen molar-refractivity contribution in [2.45, 2.75) is 34.6 Å². The van der Waals surface area contributed by atoms with Crippen molar-refractivity contribution in [2.75, 3.05) is 13.7 Å². The zero-order valence-electron chi connectivity index (χ0n) is 8.32. The topological polar surface area (TPSA) is 9.23 Å². The molecule has 0 saturated carbocycles. The van der Waals surface area contributed by atoms with E-state index >= 15 is 0 Å². The fourth-order valence-corrected chi connectivity index (χ4v) is 0. The molecule has 10 heavy (non-hydrogen) atoms. The van der Waals surface area contributed by atoms with E-state index < -0.39 is 0 Å². The molecule has 1 heteroatoms. The summed E-state index contributed by atoms with van der Waals surface area (Å²) in [6.07, 6.45) is 0. The first kappa shape index (κ1) is 16.4. The average molecular weight is 146 g/mol. The van der Waals surface area contributed by atoms with Gasteiger partial charge in [-0.2, -0.15) is 0 Å². The van der Waals surface area contributed by atoms with Crippen LogP contribution in [-0.4, -0.2) is 13.7 Å². The number of hydrogen-bond acceptors (Lipinski definition) is 1. The molecule has 0 saturated heterocycles. The largest absolute Gasteiger partial charge is 0.385 e. The summed E-state index contributed by atoms with van der Waals surface area (Å²) in [4.78, 5) is 0. The van der Waals surface area contributed by atoms with Gasteiger partial charge >= 0.3 is 0 Å². The van der Waals surface area contributed by atoms with E-state index in [2.05, 4.69) is 11.3 Å². The monoisotopic (exact) mass is 146 g/mol. The van der Waals surface area contributed by atoms with Crippen molar-refractivity contribution in [1.82, 2.24) is 0 Å². The minimum absolute atomic E-state index is 0.819. The van der Waals surface area contributed by atoms with Crippen molar-refractivity contribution in [2.24, 2.45) is 0 Å². The van der Waals surface area contributed by atoms with Crippen LogP contribution < -0.4 is 0 Å². The van der Waals surface area contributed by atoms with Gasteiger partial charge in [0.1, 0.15) is 0 Å². The molecule has 0 unspecified atom stereocenters. The molecule has 0 aliphatic carbocycles. The summed E-state index contributed by atoms with van der Waals surface area (Å²) in [6, 6.07) is 0. The van der Waals surface area contributed by atoms with Gasteiger partial charge in [0, 0.05) is 13.7 Å². The van der Waals surface area contributed by atoms with Gasteiger partial charge in [0.2, 0.25) is 0 Å². The van der Waals surface area contributed by atoms with E-state index in [-0.39, 0.29) is 0 Å². The Morgan fingerprint density at radius 2 is 1.40 bits per heavy atom. The Bertz CT molecular complexity index is 42.7. The Kier molecular flexibility index (Phi) is 38.2. The lowest BCUT2D eigenvalue weighted by atomic mass is 10.4. The third kappa shape index (κ3) is 705. The van der Waals surface area contributed by atoms with Crippen LogP contribution in [0.2, 0.25) is 0 Å². The van der Waals surface area contributed by atoms with Gasteiger partial charge in [-0.15, -0.1) is 6.58 Å². The fourth-order valence-electron chi connectivity index (χ4n) is 0. The second-order valence-electron chi connectivity index (χ2n) is 1.78. The van der Waals surface area contributed by atoms with Crippen molar-refractivity contribution < 1.29 is 4.74 Å². The molecule has 0 atom stereocenters. The molecule has 0 aliphatic rings. The number of rotatable bonds is 1. The Morgan fingerprint density at radius 3 is 1.40 bits per heavy atom. The van der Waals surface area contributed by atoms with E-state index in [1.807, 2.05) is 34.6 Å². The van der Waals surface area contributed by atoms with Crippen LogP contribution in [0.15, 0.2) is 12.2 Å². The van der Waals surface area contributed by atoms with E-state index in [0.29, 0.717) is 0 Å². The van der Waals surface area contributed by atoms with Crippen molar-refractivity contribution in [3.05, 3.63) is 12.2 Å². The Labute approximate surface area is 66.1 Å². The van der Waals surface area contributed by atoms with Gasteiger partial charge in [0.15, 0.2) is 0 Å². The summed E-state index contributed by atoms with van der Waals surface area (Å²) < 4.78 is 4.54. The number of allylic oxidation sites excluding steroid dienone is 1. The molecule has 0 bridgehead atoms. The van der Waals surface area contributed by atoms with E-state index in [1.54, 1.807) is 7.11 Å². The molecule has 1 nitrogen and oxygen atoms in total. The minimum atomic E-state index is 0.819. The lowest BCUT2D eigenvalue weighted by Gasteiger charge is -1.76. The van der Waals surface area contributed by atoms with Crippen molar-refractivity contribution in [3.63, 3.8) is 0 Å². The molecule has 0 amide bonds. The van der Waals surface area contributed by atoms with Gasteiger partial charge in [-0.3, -0.25) is 0 Å². The molecule has 0 spiro atoms. The molecular formula is C9H22O. The van der Waals surface area contributed by atoms with Gasteiger partial charge in [0.05, 0.1) is 0 Å². The van der Waals surface area contributed by atoms with Crippen molar-refractivity contribution >= 4 is 0 Å². The fraction of sp³-hybridized carbons (Fsp3) is 0.778. The highest BCUT2D eigenvalue weighted by Crippen LogP contribution is 1.73. The maximum Gasteiger partial charge on any atom is 0.0433 e. The molecular weight excluding hydrogens is 124 g/mol. The standard InChI is InChI=1S/C4H8.C3H8O.C2H6/c1-4(2)3;1-3-4-2;1-2/h1H2,2-3H3;3H2,1-2H3;1-2H3. The maximum atomic E-state index is 4.54. The number of methoxy groups -OCH3 is 1. The van der Waals surface area contributed by atoms with Gasteiger partial charge in [-0.05, 0) is 20.8 Å². The first-order chi connectivity index (χ1) is 4.65. The van der Waals surface area contributed by atoms with Crippen LogP contribution in [0.25, 0.3) is 0 Å².